The highest BCUT2D eigenvalue weighted by molar-refractivity contribution is 5.67. The summed E-state index contributed by atoms with van der Waals surface area (Å²) < 4.78 is 5.02. The van der Waals surface area contributed by atoms with Gasteiger partial charge in [0.25, 0.3) is 0 Å². The molecule has 1 atom stereocenters. The van der Waals surface area contributed by atoms with E-state index in [9.17, 15) is 9.90 Å². The number of aliphatic hydroxyl groups excluding tert-OH is 1. The first-order valence-corrected chi connectivity index (χ1v) is 5.06. The van der Waals surface area contributed by atoms with E-state index >= 15 is 0 Å². The van der Waals surface area contributed by atoms with E-state index in [2.05, 4.69) is 5.32 Å². The van der Waals surface area contributed by atoms with E-state index < -0.39 is 17.9 Å². The van der Waals surface area contributed by atoms with Gasteiger partial charge in [0, 0.05) is 5.92 Å². The summed E-state index contributed by atoms with van der Waals surface area (Å²) in [6.07, 6.45) is 1.81. The molecule has 2 N–H and O–H groups in total. The monoisotopic (exact) mass is 201 g/mol. The second-order valence-electron chi connectivity index (χ2n) is 4.78. The maximum Gasteiger partial charge on any atom is 0.409 e. The SMILES string of the molecule is CC(C)(C)OC(=O)NC(O)C1CCC1. The number of amides is 1. The van der Waals surface area contributed by atoms with Crippen LogP contribution in [0.2, 0.25) is 0 Å². The number of carbonyl (C=O) groups is 1. The molecule has 1 aliphatic rings. The van der Waals surface area contributed by atoms with Crippen molar-refractivity contribution >= 4 is 6.09 Å². The first-order chi connectivity index (χ1) is 6.38. The van der Waals surface area contributed by atoms with E-state index in [4.69, 9.17) is 4.74 Å². The molecule has 0 aliphatic heterocycles. The zero-order valence-corrected chi connectivity index (χ0v) is 9.04. The number of aliphatic hydroxyl groups is 1. The van der Waals surface area contributed by atoms with Crippen molar-refractivity contribution in [2.24, 2.45) is 5.92 Å². The lowest BCUT2D eigenvalue weighted by Crippen LogP contribution is -2.44. The summed E-state index contributed by atoms with van der Waals surface area (Å²) in [5.74, 6) is 0.211. The molecule has 1 rings (SSSR count). The molecule has 14 heavy (non-hydrogen) atoms. The summed E-state index contributed by atoms with van der Waals surface area (Å²) in [5.41, 5.74) is -0.510. The molecule has 1 amide bonds. The second-order valence-corrected chi connectivity index (χ2v) is 4.78. The Kier molecular flexibility index (Phi) is 3.37. The van der Waals surface area contributed by atoms with Gasteiger partial charge in [0.2, 0.25) is 0 Å². The summed E-state index contributed by atoms with van der Waals surface area (Å²) in [5, 5.41) is 12.0. The van der Waals surface area contributed by atoms with Crippen LogP contribution in [0, 0.1) is 5.92 Å². The van der Waals surface area contributed by atoms with Crippen LogP contribution < -0.4 is 5.32 Å². The fourth-order valence-electron chi connectivity index (χ4n) is 1.30. The standard InChI is InChI=1S/C10H19NO3/c1-10(2,3)14-9(13)11-8(12)7-5-4-6-7/h7-8,12H,4-6H2,1-3H3,(H,11,13). The second kappa shape index (κ2) is 4.17. The topological polar surface area (TPSA) is 58.6 Å². The quantitative estimate of drug-likeness (QED) is 0.667. The molecule has 4 heteroatoms. The average Bonchev–Trinajstić information content (AvgIpc) is 1.75. The third-order valence-electron chi connectivity index (χ3n) is 2.26. The number of ether oxygens (including phenoxy) is 1. The van der Waals surface area contributed by atoms with Crippen molar-refractivity contribution in [3.05, 3.63) is 0 Å². The number of hydrogen-bond donors (Lipinski definition) is 2. The van der Waals surface area contributed by atoms with Crippen molar-refractivity contribution < 1.29 is 14.6 Å². The summed E-state index contributed by atoms with van der Waals surface area (Å²) in [6.45, 7) is 5.38. The first-order valence-electron chi connectivity index (χ1n) is 5.06. The van der Waals surface area contributed by atoms with Crippen LogP contribution in [0.5, 0.6) is 0 Å². The van der Waals surface area contributed by atoms with Gasteiger partial charge in [0.05, 0.1) is 0 Å². The molecule has 1 aliphatic carbocycles. The molecule has 0 spiro atoms. The Labute approximate surface area is 84.6 Å². The lowest BCUT2D eigenvalue weighted by Gasteiger charge is -2.31. The molecule has 0 aromatic rings. The van der Waals surface area contributed by atoms with Crippen LogP contribution in [-0.4, -0.2) is 23.0 Å². The van der Waals surface area contributed by atoms with Gasteiger partial charge in [0.1, 0.15) is 11.8 Å². The Hall–Kier alpha value is -0.770. The van der Waals surface area contributed by atoms with Crippen LogP contribution in [-0.2, 0) is 4.74 Å². The molecule has 0 bridgehead atoms. The van der Waals surface area contributed by atoms with Crippen molar-refractivity contribution in [1.29, 1.82) is 0 Å². The van der Waals surface area contributed by atoms with Crippen molar-refractivity contribution in [3.8, 4) is 0 Å². The van der Waals surface area contributed by atoms with E-state index in [1.54, 1.807) is 20.8 Å². The highest BCUT2D eigenvalue weighted by Crippen LogP contribution is 2.28. The predicted molar refractivity (Wildman–Crippen MR) is 52.7 cm³/mol. The normalized spacial score (nSPS) is 19.7. The van der Waals surface area contributed by atoms with Gasteiger partial charge in [-0.25, -0.2) is 4.79 Å². The van der Waals surface area contributed by atoms with Crippen LogP contribution in [0.4, 0.5) is 4.79 Å². The van der Waals surface area contributed by atoms with Crippen molar-refractivity contribution in [2.45, 2.75) is 51.9 Å². The summed E-state index contributed by atoms with van der Waals surface area (Å²) >= 11 is 0. The molecule has 1 saturated carbocycles. The number of nitrogens with one attached hydrogen (secondary N) is 1. The van der Waals surface area contributed by atoms with Crippen molar-refractivity contribution in [2.75, 3.05) is 0 Å². The first kappa shape index (κ1) is 11.3. The van der Waals surface area contributed by atoms with Crippen LogP contribution in [0.1, 0.15) is 40.0 Å². The minimum absolute atomic E-state index is 0.211. The van der Waals surface area contributed by atoms with E-state index in [1.807, 2.05) is 0 Å². The van der Waals surface area contributed by atoms with Gasteiger partial charge < -0.3 is 9.84 Å². The third-order valence-corrected chi connectivity index (χ3v) is 2.26. The molecule has 0 aromatic carbocycles. The molecular weight excluding hydrogens is 182 g/mol. The molecular formula is C10H19NO3. The summed E-state index contributed by atoms with van der Waals surface area (Å²) in [4.78, 5) is 11.2. The molecule has 4 nitrogen and oxygen atoms in total. The fourth-order valence-corrected chi connectivity index (χ4v) is 1.30. The zero-order valence-electron chi connectivity index (χ0n) is 9.04. The largest absolute Gasteiger partial charge is 0.444 e. The van der Waals surface area contributed by atoms with Crippen molar-refractivity contribution in [3.63, 3.8) is 0 Å². The molecule has 1 fully saturated rings. The fraction of sp³-hybridized carbons (Fsp3) is 0.900. The Balaban J connectivity index is 2.25. The number of rotatable bonds is 2. The lowest BCUT2D eigenvalue weighted by molar-refractivity contribution is 0.00718. The molecule has 82 valence electrons. The molecule has 1 unspecified atom stereocenters. The minimum Gasteiger partial charge on any atom is -0.444 e. The Morgan fingerprint density at radius 3 is 2.43 bits per heavy atom. The highest BCUT2D eigenvalue weighted by Gasteiger charge is 2.28. The minimum atomic E-state index is -0.751. The van der Waals surface area contributed by atoms with Crippen LogP contribution >= 0.6 is 0 Å². The van der Waals surface area contributed by atoms with Gasteiger partial charge in [-0.1, -0.05) is 6.42 Å². The van der Waals surface area contributed by atoms with Gasteiger partial charge in [-0.15, -0.1) is 0 Å². The average molecular weight is 201 g/mol. The molecule has 0 radical (unpaired) electrons. The molecule has 0 heterocycles. The summed E-state index contributed by atoms with van der Waals surface area (Å²) in [7, 11) is 0. The lowest BCUT2D eigenvalue weighted by atomic mass is 9.84. The van der Waals surface area contributed by atoms with E-state index in [-0.39, 0.29) is 5.92 Å². The maximum atomic E-state index is 11.2. The third kappa shape index (κ3) is 3.54. The number of alkyl carbamates (subject to hydrolysis) is 1. The summed E-state index contributed by atoms with van der Waals surface area (Å²) in [6, 6.07) is 0. The van der Waals surface area contributed by atoms with Gasteiger partial charge in [-0.05, 0) is 33.6 Å². The zero-order chi connectivity index (χ0) is 10.8. The Bertz CT molecular complexity index is 206. The van der Waals surface area contributed by atoms with E-state index in [1.165, 1.54) is 0 Å². The van der Waals surface area contributed by atoms with E-state index in [0.717, 1.165) is 19.3 Å². The van der Waals surface area contributed by atoms with Crippen LogP contribution in [0.3, 0.4) is 0 Å². The van der Waals surface area contributed by atoms with Gasteiger partial charge in [-0.2, -0.15) is 0 Å². The van der Waals surface area contributed by atoms with Gasteiger partial charge in [0.15, 0.2) is 0 Å². The van der Waals surface area contributed by atoms with Gasteiger partial charge in [-0.3, -0.25) is 5.32 Å². The van der Waals surface area contributed by atoms with Crippen LogP contribution in [0.25, 0.3) is 0 Å². The number of carbonyl (C=O) groups excluding carboxylic acids is 1. The Morgan fingerprint density at radius 2 is 2.07 bits per heavy atom. The predicted octanol–water partition coefficient (Wildman–Crippen LogP) is 1.63. The van der Waals surface area contributed by atoms with Gasteiger partial charge >= 0.3 is 6.09 Å². The van der Waals surface area contributed by atoms with E-state index in [0.29, 0.717) is 0 Å². The smallest absolute Gasteiger partial charge is 0.409 e. The molecule has 0 saturated heterocycles. The van der Waals surface area contributed by atoms with Crippen LogP contribution in [0.15, 0.2) is 0 Å². The van der Waals surface area contributed by atoms with Crippen molar-refractivity contribution in [1.82, 2.24) is 5.32 Å². The number of hydrogen-bond acceptors (Lipinski definition) is 3. The maximum absolute atomic E-state index is 11.2. The molecule has 0 aromatic heterocycles. The highest BCUT2D eigenvalue weighted by atomic mass is 16.6. The Morgan fingerprint density at radius 1 is 1.50 bits per heavy atom.